The zero-order chi connectivity index (χ0) is 14.0. The maximum Gasteiger partial charge on any atom is 0.248 e. The van der Waals surface area contributed by atoms with Crippen molar-refractivity contribution in [3.05, 3.63) is 58.4 Å². The number of nitrogens with two attached hydrogens (primary N) is 1. The van der Waals surface area contributed by atoms with E-state index in [4.69, 9.17) is 17.3 Å². The SMILES string of the molecule is Cc1cc(C(N)=O)ccc1-c1ccc(CCl)c[n+]1[O-]. The number of hydrogen-bond donors (Lipinski definition) is 1. The second kappa shape index (κ2) is 5.28. The van der Waals surface area contributed by atoms with Crippen LogP contribution < -0.4 is 10.5 Å². The number of nitrogens with zero attached hydrogens (tertiary/aromatic N) is 1. The number of carbonyl (C=O) groups is 1. The van der Waals surface area contributed by atoms with Crippen molar-refractivity contribution in [1.82, 2.24) is 0 Å². The van der Waals surface area contributed by atoms with Crippen LogP contribution >= 0.6 is 11.6 Å². The van der Waals surface area contributed by atoms with E-state index >= 15 is 0 Å². The fourth-order valence-electron chi connectivity index (χ4n) is 1.91. The molecule has 2 N–H and O–H groups in total. The first-order chi connectivity index (χ1) is 9.02. The van der Waals surface area contributed by atoms with Gasteiger partial charge in [0, 0.05) is 17.2 Å². The van der Waals surface area contributed by atoms with Crippen molar-refractivity contribution in [3.63, 3.8) is 0 Å². The van der Waals surface area contributed by atoms with Gasteiger partial charge in [0.1, 0.15) is 0 Å². The number of aryl methyl sites for hydroxylation is 1. The summed E-state index contributed by atoms with van der Waals surface area (Å²) in [6.07, 6.45) is 1.45. The van der Waals surface area contributed by atoms with E-state index in [2.05, 4.69) is 0 Å². The molecule has 19 heavy (non-hydrogen) atoms. The minimum Gasteiger partial charge on any atom is -0.618 e. The lowest BCUT2D eigenvalue weighted by molar-refractivity contribution is -0.594. The Bertz CT molecular complexity index is 641. The van der Waals surface area contributed by atoms with Gasteiger partial charge in [-0.3, -0.25) is 4.79 Å². The highest BCUT2D eigenvalue weighted by Gasteiger charge is 2.13. The highest BCUT2D eigenvalue weighted by molar-refractivity contribution is 6.17. The molecule has 0 unspecified atom stereocenters. The molecule has 98 valence electrons. The van der Waals surface area contributed by atoms with E-state index in [1.165, 1.54) is 6.20 Å². The molecule has 4 nitrogen and oxygen atoms in total. The van der Waals surface area contributed by atoms with Crippen LogP contribution in [-0.2, 0) is 5.88 Å². The maximum absolute atomic E-state index is 11.9. The Kier molecular flexibility index (Phi) is 3.71. The number of rotatable bonds is 3. The Morgan fingerprint density at radius 3 is 2.63 bits per heavy atom. The Balaban J connectivity index is 2.50. The predicted octanol–water partition coefficient (Wildman–Crippen LogP) is 2.13. The van der Waals surface area contributed by atoms with E-state index in [9.17, 15) is 10.0 Å². The molecule has 0 spiro atoms. The van der Waals surface area contributed by atoms with Gasteiger partial charge in [0.15, 0.2) is 6.20 Å². The molecule has 0 atom stereocenters. The maximum atomic E-state index is 11.9. The average molecular weight is 277 g/mol. The minimum atomic E-state index is -0.484. The van der Waals surface area contributed by atoms with Gasteiger partial charge in [-0.1, -0.05) is 0 Å². The van der Waals surface area contributed by atoms with Crippen molar-refractivity contribution in [2.45, 2.75) is 12.8 Å². The molecule has 0 aliphatic rings. The Hall–Kier alpha value is -2.07. The highest BCUT2D eigenvalue weighted by atomic mass is 35.5. The standard InChI is InChI=1S/C14H13ClN2O2/c1-9-6-11(14(16)18)3-4-12(9)13-5-2-10(7-15)8-17(13)19/h2-6,8H,7H2,1H3,(H2,16,18). The third-order valence-corrected chi connectivity index (χ3v) is 3.23. The number of hydrogen-bond acceptors (Lipinski definition) is 2. The molecule has 0 aliphatic carbocycles. The minimum absolute atomic E-state index is 0.294. The quantitative estimate of drug-likeness (QED) is 0.530. The van der Waals surface area contributed by atoms with E-state index in [-0.39, 0.29) is 0 Å². The van der Waals surface area contributed by atoms with Crippen LogP contribution in [0.15, 0.2) is 36.5 Å². The van der Waals surface area contributed by atoms with Gasteiger partial charge in [0.05, 0.1) is 11.4 Å². The lowest BCUT2D eigenvalue weighted by Crippen LogP contribution is -2.29. The number of benzene rings is 1. The molecule has 0 saturated heterocycles. The summed E-state index contributed by atoms with van der Waals surface area (Å²) in [6, 6.07) is 8.53. The molecule has 0 aliphatic heterocycles. The summed E-state index contributed by atoms with van der Waals surface area (Å²) in [5.41, 5.74) is 8.50. The molecule has 1 heterocycles. The lowest BCUT2D eigenvalue weighted by atomic mass is 10.0. The van der Waals surface area contributed by atoms with Crippen molar-refractivity contribution in [3.8, 4) is 11.3 Å². The second-order valence-electron chi connectivity index (χ2n) is 4.28. The first kappa shape index (κ1) is 13.4. The molecular weight excluding hydrogens is 264 g/mol. The van der Waals surface area contributed by atoms with Gasteiger partial charge in [0.2, 0.25) is 11.6 Å². The van der Waals surface area contributed by atoms with Crippen molar-refractivity contribution >= 4 is 17.5 Å². The van der Waals surface area contributed by atoms with E-state index in [0.29, 0.717) is 17.1 Å². The van der Waals surface area contributed by atoms with Crippen LogP contribution in [0.1, 0.15) is 21.5 Å². The van der Waals surface area contributed by atoms with E-state index in [0.717, 1.165) is 21.4 Å². The number of aromatic nitrogens is 1. The molecule has 0 saturated carbocycles. The number of alkyl halides is 1. The van der Waals surface area contributed by atoms with Gasteiger partial charge in [-0.25, -0.2) is 0 Å². The van der Waals surface area contributed by atoms with Gasteiger partial charge in [0.25, 0.3) is 0 Å². The first-order valence-electron chi connectivity index (χ1n) is 5.72. The molecule has 2 aromatic rings. The normalized spacial score (nSPS) is 10.4. The van der Waals surface area contributed by atoms with Crippen LogP contribution in [0, 0.1) is 12.1 Å². The van der Waals surface area contributed by atoms with Crippen LogP contribution in [0.4, 0.5) is 0 Å². The molecule has 0 fully saturated rings. The predicted molar refractivity (Wildman–Crippen MR) is 73.6 cm³/mol. The zero-order valence-electron chi connectivity index (χ0n) is 10.4. The third kappa shape index (κ3) is 2.69. The molecule has 0 radical (unpaired) electrons. The van der Waals surface area contributed by atoms with Crippen LogP contribution in [-0.4, -0.2) is 5.91 Å². The van der Waals surface area contributed by atoms with Crippen LogP contribution in [0.3, 0.4) is 0 Å². The van der Waals surface area contributed by atoms with Crippen LogP contribution in [0.25, 0.3) is 11.3 Å². The summed E-state index contributed by atoms with van der Waals surface area (Å²) in [5, 5.41) is 11.9. The smallest absolute Gasteiger partial charge is 0.248 e. The summed E-state index contributed by atoms with van der Waals surface area (Å²) < 4.78 is 0.782. The van der Waals surface area contributed by atoms with Gasteiger partial charge in [-0.15, -0.1) is 11.6 Å². The van der Waals surface area contributed by atoms with Crippen molar-refractivity contribution < 1.29 is 9.52 Å². The summed E-state index contributed by atoms with van der Waals surface area (Å²) >= 11 is 5.68. The van der Waals surface area contributed by atoms with Gasteiger partial charge in [-0.05, 0) is 36.8 Å². The van der Waals surface area contributed by atoms with E-state index in [1.807, 2.05) is 6.92 Å². The fourth-order valence-corrected chi connectivity index (χ4v) is 2.07. The number of halogens is 1. The highest BCUT2D eigenvalue weighted by Crippen LogP contribution is 2.21. The van der Waals surface area contributed by atoms with Crippen molar-refractivity contribution in [2.24, 2.45) is 5.73 Å². The third-order valence-electron chi connectivity index (χ3n) is 2.92. The first-order valence-corrected chi connectivity index (χ1v) is 6.25. The molecular formula is C14H13ClN2O2. The summed E-state index contributed by atoms with van der Waals surface area (Å²) in [6.45, 7) is 1.83. The molecule has 2 rings (SSSR count). The monoisotopic (exact) mass is 276 g/mol. The number of pyridine rings is 1. The fraction of sp³-hybridized carbons (Fsp3) is 0.143. The zero-order valence-corrected chi connectivity index (χ0v) is 11.1. The average Bonchev–Trinajstić information content (AvgIpc) is 2.39. The number of amides is 1. The topological polar surface area (TPSA) is 70.0 Å². The molecule has 1 aromatic heterocycles. The molecule has 0 bridgehead atoms. The number of carbonyl (C=O) groups excluding carboxylic acids is 1. The second-order valence-corrected chi connectivity index (χ2v) is 4.54. The van der Waals surface area contributed by atoms with E-state index in [1.54, 1.807) is 30.3 Å². The van der Waals surface area contributed by atoms with Crippen LogP contribution in [0.2, 0.25) is 0 Å². The van der Waals surface area contributed by atoms with Crippen LogP contribution in [0.5, 0.6) is 0 Å². The van der Waals surface area contributed by atoms with Gasteiger partial charge >= 0.3 is 0 Å². The van der Waals surface area contributed by atoms with Gasteiger partial charge in [-0.2, -0.15) is 4.73 Å². The Morgan fingerprint density at radius 1 is 1.37 bits per heavy atom. The molecule has 5 heteroatoms. The van der Waals surface area contributed by atoms with E-state index < -0.39 is 5.91 Å². The lowest BCUT2D eigenvalue weighted by Gasteiger charge is -2.09. The Morgan fingerprint density at radius 2 is 2.11 bits per heavy atom. The van der Waals surface area contributed by atoms with Crippen molar-refractivity contribution in [2.75, 3.05) is 0 Å². The Labute approximate surface area is 116 Å². The molecule has 1 amide bonds. The summed E-state index contributed by atoms with van der Waals surface area (Å²) in [5.74, 6) is -0.190. The van der Waals surface area contributed by atoms with Crippen molar-refractivity contribution in [1.29, 1.82) is 0 Å². The summed E-state index contributed by atoms with van der Waals surface area (Å²) in [7, 11) is 0. The van der Waals surface area contributed by atoms with Gasteiger partial charge < -0.3 is 10.9 Å². The number of primary amides is 1. The largest absolute Gasteiger partial charge is 0.618 e. The summed E-state index contributed by atoms with van der Waals surface area (Å²) in [4.78, 5) is 11.1. The molecule has 1 aromatic carbocycles.